The first-order valence-electron chi connectivity index (χ1n) is 8.63. The molecule has 4 nitrogen and oxygen atoms in total. The molecule has 0 saturated carbocycles. The van der Waals surface area contributed by atoms with Crippen molar-refractivity contribution < 1.29 is 4.79 Å². The molecule has 2 heterocycles. The van der Waals surface area contributed by atoms with Crippen molar-refractivity contribution in [1.29, 1.82) is 0 Å². The predicted molar refractivity (Wildman–Crippen MR) is 107 cm³/mol. The van der Waals surface area contributed by atoms with Crippen LogP contribution in [-0.2, 0) is 4.79 Å². The Bertz CT molecular complexity index is 985. The molecule has 1 aliphatic heterocycles. The Hall–Kier alpha value is -2.66. The zero-order chi connectivity index (χ0) is 17.9. The molecule has 0 saturated heterocycles. The summed E-state index contributed by atoms with van der Waals surface area (Å²) < 4.78 is 0. The smallest absolute Gasteiger partial charge is 0.253 e. The second-order valence-corrected chi connectivity index (χ2v) is 7.26. The number of nitrogens with zero attached hydrogens (tertiary/aromatic N) is 3. The summed E-state index contributed by atoms with van der Waals surface area (Å²) >= 11 is 1.47. The average Bonchev–Trinajstić information content (AvgIpc) is 3.17. The van der Waals surface area contributed by atoms with Gasteiger partial charge in [-0.3, -0.25) is 4.79 Å². The second kappa shape index (κ2) is 7.30. The molecule has 0 N–H and O–H groups in total. The van der Waals surface area contributed by atoms with Crippen LogP contribution in [0.2, 0.25) is 0 Å². The minimum absolute atomic E-state index is 0.0218. The SMILES string of the molecule is Cc1cc(SCC(=O)N2CCC(c3ccccc3)=N2)nc2ccccc12. The Labute approximate surface area is 156 Å². The van der Waals surface area contributed by atoms with Crippen LogP contribution < -0.4 is 0 Å². The lowest BCUT2D eigenvalue weighted by molar-refractivity contribution is -0.127. The highest BCUT2D eigenvalue weighted by Crippen LogP contribution is 2.24. The van der Waals surface area contributed by atoms with Gasteiger partial charge in [0, 0.05) is 11.8 Å². The molecule has 0 unspecified atom stereocenters. The number of fused-ring (bicyclic) bond motifs is 1. The van der Waals surface area contributed by atoms with Gasteiger partial charge in [-0.25, -0.2) is 9.99 Å². The monoisotopic (exact) mass is 361 g/mol. The molecule has 0 aliphatic carbocycles. The highest BCUT2D eigenvalue weighted by atomic mass is 32.2. The molecule has 1 aromatic heterocycles. The molecule has 130 valence electrons. The van der Waals surface area contributed by atoms with Crippen LogP contribution in [0.25, 0.3) is 10.9 Å². The van der Waals surface area contributed by atoms with Crippen LogP contribution in [-0.4, -0.2) is 33.9 Å². The van der Waals surface area contributed by atoms with Crippen LogP contribution in [0.15, 0.2) is 70.8 Å². The van der Waals surface area contributed by atoms with Crippen molar-refractivity contribution in [2.24, 2.45) is 5.10 Å². The van der Waals surface area contributed by atoms with E-state index in [1.165, 1.54) is 17.3 Å². The maximum absolute atomic E-state index is 12.5. The minimum Gasteiger partial charge on any atom is -0.272 e. The molecular weight excluding hydrogens is 342 g/mol. The second-order valence-electron chi connectivity index (χ2n) is 6.26. The highest BCUT2D eigenvalue weighted by molar-refractivity contribution is 7.99. The van der Waals surface area contributed by atoms with Crippen molar-refractivity contribution in [2.75, 3.05) is 12.3 Å². The van der Waals surface area contributed by atoms with E-state index in [-0.39, 0.29) is 5.91 Å². The number of amides is 1. The van der Waals surface area contributed by atoms with Crippen molar-refractivity contribution in [3.63, 3.8) is 0 Å². The molecule has 0 bridgehead atoms. The number of hydrogen-bond donors (Lipinski definition) is 0. The van der Waals surface area contributed by atoms with E-state index in [1.54, 1.807) is 5.01 Å². The van der Waals surface area contributed by atoms with Crippen LogP contribution in [0.3, 0.4) is 0 Å². The Morgan fingerprint density at radius 1 is 1.12 bits per heavy atom. The standard InChI is InChI=1S/C21H19N3OS/c1-15-13-20(22-19-10-6-5-9-17(15)19)26-14-21(25)24-12-11-18(23-24)16-7-3-2-4-8-16/h2-10,13H,11-12,14H2,1H3. The fraction of sp³-hybridized carbons (Fsp3) is 0.190. The zero-order valence-corrected chi connectivity index (χ0v) is 15.4. The Balaban J connectivity index is 1.44. The van der Waals surface area contributed by atoms with Crippen molar-refractivity contribution in [3.05, 3.63) is 71.8 Å². The van der Waals surface area contributed by atoms with E-state index < -0.39 is 0 Å². The molecule has 0 spiro atoms. The predicted octanol–water partition coefficient (Wildman–Crippen LogP) is 4.27. The molecule has 0 radical (unpaired) electrons. The van der Waals surface area contributed by atoms with Crippen LogP contribution in [0.1, 0.15) is 17.5 Å². The number of aromatic nitrogens is 1. The Kier molecular flexibility index (Phi) is 4.71. The van der Waals surface area contributed by atoms with Crippen LogP contribution in [0.5, 0.6) is 0 Å². The average molecular weight is 361 g/mol. The summed E-state index contributed by atoms with van der Waals surface area (Å²) in [6.45, 7) is 2.72. The first-order valence-corrected chi connectivity index (χ1v) is 9.62. The third kappa shape index (κ3) is 3.48. The van der Waals surface area contributed by atoms with Gasteiger partial charge in [-0.15, -0.1) is 0 Å². The van der Waals surface area contributed by atoms with Crippen molar-refractivity contribution in [3.8, 4) is 0 Å². The van der Waals surface area contributed by atoms with E-state index in [1.807, 2.05) is 54.6 Å². The van der Waals surface area contributed by atoms with E-state index in [2.05, 4.69) is 23.1 Å². The van der Waals surface area contributed by atoms with Crippen LogP contribution >= 0.6 is 11.8 Å². The van der Waals surface area contributed by atoms with E-state index in [0.717, 1.165) is 33.6 Å². The Morgan fingerprint density at radius 2 is 1.88 bits per heavy atom. The first-order chi connectivity index (χ1) is 12.7. The van der Waals surface area contributed by atoms with Gasteiger partial charge in [0.05, 0.1) is 28.6 Å². The van der Waals surface area contributed by atoms with Crippen LogP contribution in [0.4, 0.5) is 0 Å². The third-order valence-corrected chi connectivity index (χ3v) is 5.34. The Morgan fingerprint density at radius 3 is 2.73 bits per heavy atom. The molecule has 5 heteroatoms. The maximum Gasteiger partial charge on any atom is 0.253 e. The quantitative estimate of drug-likeness (QED) is 0.652. The number of carbonyl (C=O) groups excluding carboxylic acids is 1. The fourth-order valence-corrected chi connectivity index (χ4v) is 3.92. The topological polar surface area (TPSA) is 45.6 Å². The molecule has 0 fully saturated rings. The van der Waals surface area contributed by atoms with Gasteiger partial charge >= 0.3 is 0 Å². The summed E-state index contributed by atoms with van der Waals surface area (Å²) in [4.78, 5) is 17.2. The summed E-state index contributed by atoms with van der Waals surface area (Å²) in [6, 6.07) is 20.2. The van der Waals surface area contributed by atoms with Crippen molar-refractivity contribution >= 4 is 34.3 Å². The van der Waals surface area contributed by atoms with Gasteiger partial charge in [0.1, 0.15) is 0 Å². The number of rotatable bonds is 4. The summed E-state index contributed by atoms with van der Waals surface area (Å²) in [5, 5.41) is 8.12. The third-order valence-electron chi connectivity index (χ3n) is 4.44. The maximum atomic E-state index is 12.5. The molecular formula is C21H19N3OS. The van der Waals surface area contributed by atoms with Gasteiger partial charge in [-0.2, -0.15) is 5.10 Å². The van der Waals surface area contributed by atoms with E-state index in [4.69, 9.17) is 0 Å². The lowest BCUT2D eigenvalue weighted by Gasteiger charge is -2.11. The van der Waals surface area contributed by atoms with E-state index in [9.17, 15) is 4.79 Å². The summed E-state index contributed by atoms with van der Waals surface area (Å²) in [5.41, 5.74) is 4.20. The normalized spacial score (nSPS) is 13.9. The van der Waals surface area contributed by atoms with Crippen LogP contribution in [0, 0.1) is 6.92 Å². The first kappa shape index (κ1) is 16.8. The van der Waals surface area contributed by atoms with Crippen molar-refractivity contribution in [2.45, 2.75) is 18.4 Å². The number of thioether (sulfide) groups is 1. The van der Waals surface area contributed by atoms with Gasteiger partial charge in [-0.1, -0.05) is 60.3 Å². The number of pyridine rings is 1. The molecule has 2 aromatic carbocycles. The minimum atomic E-state index is 0.0218. The zero-order valence-electron chi connectivity index (χ0n) is 14.6. The molecule has 1 amide bonds. The van der Waals surface area contributed by atoms with Gasteiger partial charge in [0.2, 0.25) is 0 Å². The van der Waals surface area contributed by atoms with Gasteiger partial charge in [-0.05, 0) is 30.2 Å². The fourth-order valence-electron chi connectivity index (χ4n) is 3.07. The molecule has 4 rings (SSSR count). The number of aryl methyl sites for hydroxylation is 1. The number of hydrazone groups is 1. The number of hydrogen-bond acceptors (Lipinski definition) is 4. The summed E-state index contributed by atoms with van der Waals surface area (Å²) in [5.74, 6) is 0.365. The molecule has 26 heavy (non-hydrogen) atoms. The van der Waals surface area contributed by atoms with Crippen molar-refractivity contribution in [1.82, 2.24) is 9.99 Å². The number of para-hydroxylation sites is 1. The lowest BCUT2D eigenvalue weighted by Crippen LogP contribution is -2.25. The van der Waals surface area contributed by atoms with E-state index >= 15 is 0 Å². The van der Waals surface area contributed by atoms with Gasteiger partial charge in [0.25, 0.3) is 5.91 Å². The number of carbonyl (C=O) groups is 1. The highest BCUT2D eigenvalue weighted by Gasteiger charge is 2.21. The molecule has 1 aliphatic rings. The lowest BCUT2D eigenvalue weighted by atomic mass is 10.1. The van der Waals surface area contributed by atoms with Gasteiger partial charge < -0.3 is 0 Å². The van der Waals surface area contributed by atoms with Gasteiger partial charge in [0.15, 0.2) is 0 Å². The summed E-state index contributed by atoms with van der Waals surface area (Å²) in [6.07, 6.45) is 0.799. The number of benzene rings is 2. The largest absolute Gasteiger partial charge is 0.272 e. The van der Waals surface area contributed by atoms with E-state index in [0.29, 0.717) is 12.3 Å². The molecule has 3 aromatic rings. The molecule has 0 atom stereocenters. The summed E-state index contributed by atoms with van der Waals surface area (Å²) in [7, 11) is 0.